The average molecular weight is 375 g/mol. The normalized spacial score (nSPS) is 24.0. The van der Waals surface area contributed by atoms with E-state index in [-0.39, 0.29) is 23.2 Å². The monoisotopic (exact) mass is 374 g/mol. The van der Waals surface area contributed by atoms with Crippen LogP contribution in [0.25, 0.3) is 0 Å². The molecule has 142 valence electrons. The van der Waals surface area contributed by atoms with Crippen LogP contribution in [0.1, 0.15) is 56.3 Å². The fraction of sp³-hybridized carbons (Fsp3) is 0.619. The van der Waals surface area contributed by atoms with Gasteiger partial charge in [-0.05, 0) is 36.8 Å². The Labute approximate surface area is 161 Å². The summed E-state index contributed by atoms with van der Waals surface area (Å²) in [6.07, 6.45) is 6.09. The van der Waals surface area contributed by atoms with Gasteiger partial charge < -0.3 is 10.2 Å². The minimum atomic E-state index is -0.363. The molecule has 2 amide bonds. The van der Waals surface area contributed by atoms with Crippen molar-refractivity contribution in [3.05, 3.63) is 35.9 Å². The molecule has 4 nitrogen and oxygen atoms in total. The van der Waals surface area contributed by atoms with E-state index in [4.69, 9.17) is 0 Å². The van der Waals surface area contributed by atoms with Gasteiger partial charge in [-0.3, -0.25) is 9.59 Å². The summed E-state index contributed by atoms with van der Waals surface area (Å²) in [4.78, 5) is 28.0. The van der Waals surface area contributed by atoms with Gasteiger partial charge in [0.05, 0.1) is 5.37 Å². The molecule has 1 aromatic rings. The third-order valence-electron chi connectivity index (χ3n) is 5.33. The SMILES string of the molecule is CC(C)CNC(=O)C1CSC(C2CCCCC2)N1C(=O)c1ccccc1. The minimum absolute atomic E-state index is 0.00382. The molecule has 1 aromatic carbocycles. The molecule has 1 saturated heterocycles. The predicted molar refractivity (Wildman–Crippen MR) is 107 cm³/mol. The zero-order chi connectivity index (χ0) is 18.5. The quantitative estimate of drug-likeness (QED) is 0.850. The first-order valence-electron chi connectivity index (χ1n) is 9.85. The van der Waals surface area contributed by atoms with Gasteiger partial charge in [-0.15, -0.1) is 11.8 Å². The lowest BCUT2D eigenvalue weighted by Gasteiger charge is -2.35. The maximum atomic E-state index is 13.3. The molecule has 0 bridgehead atoms. The van der Waals surface area contributed by atoms with E-state index in [0.29, 0.717) is 29.7 Å². The van der Waals surface area contributed by atoms with Crippen LogP contribution in [-0.2, 0) is 4.79 Å². The molecule has 5 heteroatoms. The molecule has 2 unspecified atom stereocenters. The van der Waals surface area contributed by atoms with E-state index in [1.54, 1.807) is 11.8 Å². The Kier molecular flexibility index (Phi) is 6.63. The molecule has 2 aliphatic rings. The van der Waals surface area contributed by atoms with Gasteiger partial charge in [0.2, 0.25) is 5.91 Å². The van der Waals surface area contributed by atoms with E-state index in [1.807, 2.05) is 35.2 Å². The van der Waals surface area contributed by atoms with Crippen molar-refractivity contribution < 1.29 is 9.59 Å². The Morgan fingerprint density at radius 2 is 1.85 bits per heavy atom. The van der Waals surface area contributed by atoms with E-state index < -0.39 is 0 Å². The smallest absolute Gasteiger partial charge is 0.255 e. The molecule has 2 fully saturated rings. The lowest BCUT2D eigenvalue weighted by molar-refractivity contribution is -0.125. The summed E-state index contributed by atoms with van der Waals surface area (Å²) >= 11 is 1.79. The molecular weight excluding hydrogens is 344 g/mol. The second kappa shape index (κ2) is 8.94. The lowest BCUT2D eigenvalue weighted by atomic mass is 9.88. The Morgan fingerprint density at radius 3 is 2.50 bits per heavy atom. The van der Waals surface area contributed by atoms with Crippen LogP contribution in [0.15, 0.2) is 30.3 Å². The summed E-state index contributed by atoms with van der Waals surface area (Å²) in [5, 5.41) is 3.16. The second-order valence-electron chi connectivity index (χ2n) is 7.86. The number of amides is 2. The van der Waals surface area contributed by atoms with Gasteiger partial charge in [-0.1, -0.05) is 51.3 Å². The molecule has 1 heterocycles. The molecule has 2 atom stereocenters. The van der Waals surface area contributed by atoms with Crippen molar-refractivity contribution in [2.75, 3.05) is 12.3 Å². The maximum absolute atomic E-state index is 13.3. The topological polar surface area (TPSA) is 49.4 Å². The van der Waals surface area contributed by atoms with Gasteiger partial charge in [-0.25, -0.2) is 0 Å². The van der Waals surface area contributed by atoms with Gasteiger partial charge >= 0.3 is 0 Å². The molecule has 0 aromatic heterocycles. The van der Waals surface area contributed by atoms with Crippen molar-refractivity contribution >= 4 is 23.6 Å². The second-order valence-corrected chi connectivity index (χ2v) is 9.00. The molecular formula is C21H30N2O2S. The summed E-state index contributed by atoms with van der Waals surface area (Å²) in [6, 6.07) is 9.04. The van der Waals surface area contributed by atoms with Crippen molar-refractivity contribution in [1.82, 2.24) is 10.2 Å². The Hall–Kier alpha value is -1.49. The van der Waals surface area contributed by atoms with E-state index in [2.05, 4.69) is 19.2 Å². The number of nitrogens with one attached hydrogen (secondary N) is 1. The van der Waals surface area contributed by atoms with Crippen LogP contribution in [0, 0.1) is 11.8 Å². The van der Waals surface area contributed by atoms with Gasteiger partial charge in [0.25, 0.3) is 5.91 Å². The zero-order valence-corrected chi connectivity index (χ0v) is 16.6. The summed E-state index contributed by atoms with van der Waals surface area (Å²) in [7, 11) is 0. The van der Waals surface area contributed by atoms with Crippen LogP contribution in [0.3, 0.4) is 0 Å². The number of carbonyl (C=O) groups excluding carboxylic acids is 2. The fourth-order valence-electron chi connectivity index (χ4n) is 3.92. The largest absolute Gasteiger partial charge is 0.354 e. The van der Waals surface area contributed by atoms with E-state index >= 15 is 0 Å². The first-order chi connectivity index (χ1) is 12.6. The van der Waals surface area contributed by atoms with Gasteiger partial charge in [0.1, 0.15) is 6.04 Å². The van der Waals surface area contributed by atoms with E-state index in [0.717, 1.165) is 12.8 Å². The first kappa shape index (κ1) is 19.3. The average Bonchev–Trinajstić information content (AvgIpc) is 3.12. The number of hydrogen-bond donors (Lipinski definition) is 1. The van der Waals surface area contributed by atoms with Crippen LogP contribution in [0.4, 0.5) is 0 Å². The highest BCUT2D eigenvalue weighted by Gasteiger charge is 2.45. The van der Waals surface area contributed by atoms with Crippen molar-refractivity contribution in [3.63, 3.8) is 0 Å². The van der Waals surface area contributed by atoms with Crippen LogP contribution >= 0.6 is 11.8 Å². The maximum Gasteiger partial charge on any atom is 0.255 e. The standard InChI is InChI=1S/C21H30N2O2S/c1-15(2)13-22-19(24)18-14-26-21(17-11-7-4-8-12-17)23(18)20(25)16-9-5-3-6-10-16/h3,5-6,9-10,15,17-18,21H,4,7-8,11-14H2,1-2H3,(H,22,24). The van der Waals surface area contributed by atoms with Crippen molar-refractivity contribution in [2.24, 2.45) is 11.8 Å². The van der Waals surface area contributed by atoms with Crippen LogP contribution in [0.2, 0.25) is 0 Å². The highest BCUT2D eigenvalue weighted by molar-refractivity contribution is 8.00. The fourth-order valence-corrected chi connectivity index (χ4v) is 5.56. The molecule has 0 spiro atoms. The van der Waals surface area contributed by atoms with Crippen molar-refractivity contribution in [1.29, 1.82) is 0 Å². The summed E-state index contributed by atoms with van der Waals surface area (Å²) in [5.74, 6) is 1.60. The molecule has 26 heavy (non-hydrogen) atoms. The van der Waals surface area contributed by atoms with Gasteiger partial charge in [-0.2, -0.15) is 0 Å². The van der Waals surface area contributed by atoms with E-state index in [1.165, 1.54) is 19.3 Å². The lowest BCUT2D eigenvalue weighted by Crippen LogP contribution is -2.51. The van der Waals surface area contributed by atoms with Crippen molar-refractivity contribution in [2.45, 2.75) is 57.4 Å². The highest BCUT2D eigenvalue weighted by Crippen LogP contribution is 2.41. The highest BCUT2D eigenvalue weighted by atomic mass is 32.2. The molecule has 1 aliphatic heterocycles. The van der Waals surface area contributed by atoms with E-state index in [9.17, 15) is 9.59 Å². The van der Waals surface area contributed by atoms with Gasteiger partial charge in [0.15, 0.2) is 0 Å². The van der Waals surface area contributed by atoms with Gasteiger partial charge in [0, 0.05) is 17.9 Å². The molecule has 0 radical (unpaired) electrons. The molecule has 3 rings (SSSR count). The molecule has 1 saturated carbocycles. The Morgan fingerprint density at radius 1 is 1.15 bits per heavy atom. The minimum Gasteiger partial charge on any atom is -0.354 e. The summed E-state index contributed by atoms with van der Waals surface area (Å²) in [5.41, 5.74) is 0.678. The van der Waals surface area contributed by atoms with Crippen LogP contribution < -0.4 is 5.32 Å². The Bertz CT molecular complexity index is 614. The third-order valence-corrected chi connectivity index (χ3v) is 6.79. The number of benzene rings is 1. The van der Waals surface area contributed by atoms with Crippen LogP contribution in [-0.4, -0.2) is 40.4 Å². The number of thioether (sulfide) groups is 1. The summed E-state index contributed by atoms with van der Waals surface area (Å²) in [6.45, 7) is 4.82. The number of rotatable bonds is 5. The molecule has 1 aliphatic carbocycles. The number of carbonyl (C=O) groups is 2. The predicted octanol–water partition coefficient (Wildman–Crippen LogP) is 3.92. The number of hydrogen-bond acceptors (Lipinski definition) is 3. The third kappa shape index (κ3) is 4.43. The van der Waals surface area contributed by atoms with Crippen molar-refractivity contribution in [3.8, 4) is 0 Å². The number of nitrogens with zero attached hydrogens (tertiary/aromatic N) is 1. The zero-order valence-electron chi connectivity index (χ0n) is 15.8. The summed E-state index contributed by atoms with van der Waals surface area (Å²) < 4.78 is 0. The molecule has 1 N–H and O–H groups in total. The van der Waals surface area contributed by atoms with Crippen LogP contribution in [0.5, 0.6) is 0 Å². The first-order valence-corrected chi connectivity index (χ1v) is 10.9. The Balaban J connectivity index is 1.81.